The average Bonchev–Trinajstić information content (AvgIpc) is 3.42. The van der Waals surface area contributed by atoms with E-state index in [1.807, 2.05) is 28.1 Å². The quantitative estimate of drug-likeness (QED) is 0.293. The number of nitrogens with one attached hydrogen (secondary N) is 1. The first kappa shape index (κ1) is 21.9. The van der Waals surface area contributed by atoms with Crippen LogP contribution < -0.4 is 5.32 Å². The molecule has 1 N–H and O–H groups in total. The second kappa shape index (κ2) is 9.88. The Labute approximate surface area is 194 Å². The van der Waals surface area contributed by atoms with Crippen LogP contribution in [-0.4, -0.2) is 36.4 Å². The number of thiazole rings is 1. The molecule has 0 saturated carbocycles. The molecule has 4 rings (SSSR count). The number of benzene rings is 1. The van der Waals surface area contributed by atoms with Gasteiger partial charge in [-0.3, -0.25) is 14.3 Å². The molecule has 0 spiro atoms. The van der Waals surface area contributed by atoms with Crippen molar-refractivity contribution in [2.75, 3.05) is 11.1 Å². The van der Waals surface area contributed by atoms with Crippen LogP contribution in [0.25, 0.3) is 22.6 Å². The highest BCUT2D eigenvalue weighted by molar-refractivity contribution is 7.99. The molecule has 3 aromatic heterocycles. The molecule has 0 unspecified atom stereocenters. The Morgan fingerprint density at radius 2 is 1.97 bits per heavy atom. The van der Waals surface area contributed by atoms with Gasteiger partial charge in [0.2, 0.25) is 5.91 Å². The molecule has 7 nitrogen and oxygen atoms in total. The van der Waals surface area contributed by atoms with Gasteiger partial charge in [-0.1, -0.05) is 30.0 Å². The molecule has 0 atom stereocenters. The summed E-state index contributed by atoms with van der Waals surface area (Å²) in [6, 6.07) is 9.99. The molecule has 0 aliphatic rings. The van der Waals surface area contributed by atoms with E-state index in [2.05, 4.69) is 58.0 Å². The molecule has 3 heterocycles. The highest BCUT2D eigenvalue weighted by Gasteiger charge is 2.16. The highest BCUT2D eigenvalue weighted by Crippen LogP contribution is 2.27. The maximum atomic E-state index is 12.5. The number of aryl methyl sites for hydroxylation is 2. The third-order valence-corrected chi connectivity index (χ3v) is 6.58. The number of aromatic nitrogens is 5. The zero-order valence-corrected chi connectivity index (χ0v) is 19.4. The Bertz CT molecular complexity index is 1250. The lowest BCUT2D eigenvalue weighted by molar-refractivity contribution is -0.113. The third kappa shape index (κ3) is 4.95. The number of thioether (sulfide) groups is 1. The predicted molar refractivity (Wildman–Crippen MR) is 130 cm³/mol. The molecule has 4 aromatic rings. The van der Waals surface area contributed by atoms with Crippen LogP contribution in [0.5, 0.6) is 0 Å². The van der Waals surface area contributed by atoms with Crippen LogP contribution in [0, 0.1) is 13.8 Å². The summed E-state index contributed by atoms with van der Waals surface area (Å²) in [5, 5.41) is 14.6. The third-order valence-electron chi connectivity index (χ3n) is 4.85. The minimum atomic E-state index is -0.144. The van der Waals surface area contributed by atoms with Gasteiger partial charge in [0.1, 0.15) is 0 Å². The SMILES string of the molecule is C=CCn1c(SCC(=O)Nc2nc(-c3ccc(C)c(C)c3)cs2)nnc1-c1ccncc1. The molecule has 162 valence electrons. The van der Waals surface area contributed by atoms with Crippen LogP contribution in [-0.2, 0) is 11.3 Å². The van der Waals surface area contributed by atoms with Crippen molar-refractivity contribution in [1.82, 2.24) is 24.7 Å². The number of hydrogen-bond acceptors (Lipinski definition) is 7. The number of carbonyl (C=O) groups is 1. The number of allylic oxidation sites excluding steroid dienone is 1. The van der Waals surface area contributed by atoms with E-state index in [0.717, 1.165) is 16.8 Å². The number of carbonyl (C=O) groups excluding carboxylic acids is 1. The zero-order valence-electron chi connectivity index (χ0n) is 17.8. The van der Waals surface area contributed by atoms with Gasteiger partial charge in [-0.15, -0.1) is 28.1 Å². The molecule has 1 aromatic carbocycles. The number of hydrogen-bond donors (Lipinski definition) is 1. The summed E-state index contributed by atoms with van der Waals surface area (Å²) in [5.41, 5.74) is 5.26. The largest absolute Gasteiger partial charge is 0.301 e. The zero-order chi connectivity index (χ0) is 22.5. The summed E-state index contributed by atoms with van der Waals surface area (Å²) in [5.74, 6) is 0.771. The lowest BCUT2D eigenvalue weighted by atomic mass is 10.1. The van der Waals surface area contributed by atoms with Gasteiger partial charge in [0.05, 0.1) is 11.4 Å². The van der Waals surface area contributed by atoms with Gasteiger partial charge in [-0.05, 0) is 43.2 Å². The van der Waals surface area contributed by atoms with Gasteiger partial charge in [-0.2, -0.15) is 0 Å². The molecule has 0 fully saturated rings. The summed E-state index contributed by atoms with van der Waals surface area (Å²) < 4.78 is 1.93. The van der Waals surface area contributed by atoms with Crippen LogP contribution in [0.1, 0.15) is 11.1 Å². The van der Waals surface area contributed by atoms with Gasteiger partial charge < -0.3 is 5.32 Å². The molecule has 0 bridgehead atoms. The Balaban J connectivity index is 1.41. The van der Waals surface area contributed by atoms with Crippen molar-refractivity contribution >= 4 is 34.1 Å². The molecule has 0 saturated heterocycles. The van der Waals surface area contributed by atoms with Crippen LogP contribution in [0.4, 0.5) is 5.13 Å². The fraction of sp³-hybridized carbons (Fsp3) is 0.174. The van der Waals surface area contributed by atoms with Gasteiger partial charge >= 0.3 is 0 Å². The van der Waals surface area contributed by atoms with E-state index in [9.17, 15) is 4.79 Å². The minimum Gasteiger partial charge on any atom is -0.301 e. The van der Waals surface area contributed by atoms with Gasteiger partial charge in [0.15, 0.2) is 16.1 Å². The molecule has 0 radical (unpaired) electrons. The standard InChI is InChI=1S/C23H22N6OS2/c1-4-11-29-21(17-7-9-24-10-8-17)27-28-23(29)32-14-20(30)26-22-25-19(13-31-22)18-6-5-15(2)16(3)12-18/h4-10,12-13H,1,11,14H2,2-3H3,(H,25,26,30). The average molecular weight is 463 g/mol. The first-order valence-electron chi connectivity index (χ1n) is 9.95. The van der Waals surface area contributed by atoms with E-state index in [-0.39, 0.29) is 11.7 Å². The summed E-state index contributed by atoms with van der Waals surface area (Å²) in [6.45, 7) is 8.52. The summed E-state index contributed by atoms with van der Waals surface area (Å²) in [7, 11) is 0. The summed E-state index contributed by atoms with van der Waals surface area (Å²) in [4.78, 5) is 21.1. The first-order chi connectivity index (χ1) is 15.5. The fourth-order valence-corrected chi connectivity index (χ4v) is 4.54. The maximum Gasteiger partial charge on any atom is 0.236 e. The first-order valence-corrected chi connectivity index (χ1v) is 11.8. The fourth-order valence-electron chi connectivity index (χ4n) is 3.05. The maximum absolute atomic E-state index is 12.5. The molecule has 0 aliphatic heterocycles. The monoisotopic (exact) mass is 462 g/mol. The van der Waals surface area contributed by atoms with E-state index >= 15 is 0 Å². The molecule has 1 amide bonds. The number of anilines is 1. The second-order valence-corrected chi connectivity index (χ2v) is 8.92. The molecular weight excluding hydrogens is 440 g/mol. The van der Waals surface area contributed by atoms with Crippen molar-refractivity contribution < 1.29 is 4.79 Å². The number of pyridine rings is 1. The number of rotatable bonds is 8. The van der Waals surface area contributed by atoms with Crippen molar-refractivity contribution in [3.63, 3.8) is 0 Å². The predicted octanol–water partition coefficient (Wildman–Crippen LogP) is 5.00. The minimum absolute atomic E-state index is 0.144. The highest BCUT2D eigenvalue weighted by atomic mass is 32.2. The van der Waals surface area contributed by atoms with E-state index in [1.165, 1.54) is 34.2 Å². The summed E-state index contributed by atoms with van der Waals surface area (Å²) in [6.07, 6.45) is 5.20. The van der Waals surface area contributed by atoms with Crippen LogP contribution in [0.2, 0.25) is 0 Å². The van der Waals surface area contributed by atoms with Crippen molar-refractivity contribution in [3.05, 3.63) is 71.9 Å². The Morgan fingerprint density at radius 3 is 2.72 bits per heavy atom. The number of amides is 1. The topological polar surface area (TPSA) is 85.6 Å². The normalized spacial score (nSPS) is 10.8. The van der Waals surface area contributed by atoms with Gasteiger partial charge in [0.25, 0.3) is 0 Å². The van der Waals surface area contributed by atoms with E-state index in [4.69, 9.17) is 0 Å². The Kier molecular flexibility index (Phi) is 6.77. The lowest BCUT2D eigenvalue weighted by Crippen LogP contribution is -2.14. The van der Waals surface area contributed by atoms with Crippen LogP contribution >= 0.6 is 23.1 Å². The van der Waals surface area contributed by atoms with Crippen LogP contribution in [0.15, 0.2) is 65.9 Å². The molecule has 0 aliphatic carbocycles. The van der Waals surface area contributed by atoms with Gasteiger partial charge in [0, 0.05) is 35.4 Å². The van der Waals surface area contributed by atoms with Crippen LogP contribution in [0.3, 0.4) is 0 Å². The van der Waals surface area contributed by atoms with Crippen molar-refractivity contribution in [2.24, 2.45) is 0 Å². The van der Waals surface area contributed by atoms with Crippen molar-refractivity contribution in [3.8, 4) is 22.6 Å². The van der Waals surface area contributed by atoms with E-state index in [1.54, 1.807) is 18.5 Å². The molecular formula is C23H22N6OS2. The molecule has 9 heteroatoms. The number of nitrogens with zero attached hydrogens (tertiary/aromatic N) is 5. The van der Waals surface area contributed by atoms with Crippen molar-refractivity contribution in [2.45, 2.75) is 25.5 Å². The second-order valence-electron chi connectivity index (χ2n) is 7.12. The summed E-state index contributed by atoms with van der Waals surface area (Å²) >= 11 is 2.74. The Morgan fingerprint density at radius 1 is 1.16 bits per heavy atom. The lowest BCUT2D eigenvalue weighted by Gasteiger charge is -2.07. The van der Waals surface area contributed by atoms with E-state index in [0.29, 0.717) is 22.7 Å². The smallest absolute Gasteiger partial charge is 0.236 e. The molecule has 32 heavy (non-hydrogen) atoms. The van der Waals surface area contributed by atoms with Gasteiger partial charge in [-0.25, -0.2) is 4.98 Å². The van der Waals surface area contributed by atoms with Crippen molar-refractivity contribution in [1.29, 1.82) is 0 Å². The Hall–Kier alpha value is -3.30. The van der Waals surface area contributed by atoms with E-state index < -0.39 is 0 Å².